The van der Waals surface area contributed by atoms with Gasteiger partial charge in [0, 0.05) is 20.2 Å². The fraction of sp³-hybridized carbons (Fsp3) is 0.500. The molecule has 0 saturated carbocycles. The summed E-state index contributed by atoms with van der Waals surface area (Å²) in [5, 5.41) is 5.42. The van der Waals surface area contributed by atoms with Gasteiger partial charge in [0.25, 0.3) is 0 Å². The van der Waals surface area contributed by atoms with Crippen LogP contribution in [0.1, 0.15) is 13.3 Å². The number of hydrogen-bond donors (Lipinski definition) is 3. The highest BCUT2D eigenvalue weighted by atomic mass is 32.2. The van der Waals surface area contributed by atoms with E-state index in [2.05, 4.69) is 10.6 Å². The van der Waals surface area contributed by atoms with Crippen molar-refractivity contribution in [3.63, 3.8) is 0 Å². The molecule has 0 aromatic heterocycles. The number of carbonyl (C=O) groups excluding carboxylic acids is 1. The summed E-state index contributed by atoms with van der Waals surface area (Å²) < 4.78 is 53.5. The zero-order valence-corrected chi connectivity index (χ0v) is 14.2. The average Bonchev–Trinajstić information content (AvgIpc) is 2.54. The topological polar surface area (TPSA) is 111 Å². The largest absolute Gasteiger partial charge is 0.384 e. The number of methoxy groups -OCH3 is 1. The molecule has 24 heavy (non-hydrogen) atoms. The second kappa shape index (κ2) is 8.90. The van der Waals surface area contributed by atoms with E-state index in [9.17, 15) is 22.0 Å². The predicted molar refractivity (Wildman–Crippen MR) is 86.9 cm³/mol. The summed E-state index contributed by atoms with van der Waals surface area (Å²) in [4.78, 5) is 11.4. The maximum absolute atomic E-state index is 12.7. The molecule has 7 nitrogen and oxygen atoms in total. The first kappa shape index (κ1) is 20.3. The fourth-order valence-corrected chi connectivity index (χ4v) is 2.67. The number of rotatable bonds is 9. The zero-order chi connectivity index (χ0) is 18.3. The quantitative estimate of drug-likeness (QED) is 0.610. The van der Waals surface area contributed by atoms with Crippen molar-refractivity contribution in [1.29, 1.82) is 0 Å². The molecule has 0 spiro atoms. The minimum Gasteiger partial charge on any atom is -0.384 e. The molecule has 0 saturated heterocycles. The van der Waals surface area contributed by atoms with Gasteiger partial charge in [-0.3, -0.25) is 4.79 Å². The maximum Gasteiger partial charge on any atom is 0.341 e. The molecule has 1 unspecified atom stereocenters. The number of nitrogens with one attached hydrogen (secondary N) is 2. The van der Waals surface area contributed by atoms with Crippen LogP contribution in [0.25, 0.3) is 0 Å². The van der Waals surface area contributed by atoms with Crippen LogP contribution >= 0.6 is 0 Å². The first-order valence-electron chi connectivity index (χ1n) is 7.18. The molecule has 136 valence electrons. The SMILES string of the molecule is CCNc1ccc(S(=O)(=O)C(F)F)cc1NC(=O)CC(CN)OC. The molecule has 4 N–H and O–H groups in total. The van der Waals surface area contributed by atoms with Gasteiger partial charge in [0.15, 0.2) is 0 Å². The molecule has 0 aliphatic carbocycles. The van der Waals surface area contributed by atoms with Crippen molar-refractivity contribution in [3.8, 4) is 0 Å². The summed E-state index contributed by atoms with van der Waals surface area (Å²) in [5.41, 5.74) is 5.95. The van der Waals surface area contributed by atoms with Crippen molar-refractivity contribution in [3.05, 3.63) is 18.2 Å². The Morgan fingerprint density at radius 3 is 2.50 bits per heavy atom. The van der Waals surface area contributed by atoms with Crippen molar-refractivity contribution in [2.24, 2.45) is 5.73 Å². The molecule has 10 heteroatoms. The predicted octanol–water partition coefficient (Wildman–Crippen LogP) is 1.42. The third-order valence-electron chi connectivity index (χ3n) is 3.20. The maximum atomic E-state index is 12.7. The number of sulfone groups is 1. The number of alkyl halides is 2. The number of benzene rings is 1. The van der Waals surface area contributed by atoms with Gasteiger partial charge in [0.05, 0.1) is 28.8 Å². The van der Waals surface area contributed by atoms with E-state index in [4.69, 9.17) is 10.5 Å². The Labute approximate surface area is 139 Å². The Morgan fingerprint density at radius 1 is 1.33 bits per heavy atom. The summed E-state index contributed by atoms with van der Waals surface area (Å²) in [6, 6.07) is 3.39. The Morgan fingerprint density at radius 2 is 2.00 bits per heavy atom. The Balaban J connectivity index is 3.12. The standard InChI is InChI=1S/C14H21F2N3O4S/c1-3-18-11-5-4-10(24(21,22)14(15)16)7-12(11)19-13(20)6-9(8-17)23-2/h4-5,7,9,14,18H,3,6,8,17H2,1-2H3,(H,19,20). The van der Waals surface area contributed by atoms with E-state index in [0.29, 0.717) is 12.2 Å². The Bertz CT molecular complexity index is 664. The van der Waals surface area contributed by atoms with Crippen molar-refractivity contribution in [2.45, 2.75) is 30.1 Å². The number of carbonyl (C=O) groups is 1. The number of ether oxygens (including phenoxy) is 1. The van der Waals surface area contributed by atoms with Crippen molar-refractivity contribution >= 4 is 27.1 Å². The molecule has 0 aliphatic heterocycles. The summed E-state index contributed by atoms with van der Waals surface area (Å²) in [6.07, 6.45) is -0.551. The van der Waals surface area contributed by atoms with E-state index in [1.165, 1.54) is 13.2 Å². The average molecular weight is 365 g/mol. The van der Waals surface area contributed by atoms with Crippen LogP contribution in [0, 0.1) is 0 Å². The molecule has 1 rings (SSSR count). The number of hydrogen-bond acceptors (Lipinski definition) is 6. The highest BCUT2D eigenvalue weighted by molar-refractivity contribution is 7.91. The van der Waals surface area contributed by atoms with Gasteiger partial charge >= 0.3 is 5.76 Å². The normalized spacial score (nSPS) is 12.9. The minimum atomic E-state index is -4.76. The fourth-order valence-electron chi connectivity index (χ4n) is 1.92. The lowest BCUT2D eigenvalue weighted by molar-refractivity contribution is -0.118. The van der Waals surface area contributed by atoms with Gasteiger partial charge in [-0.25, -0.2) is 8.42 Å². The number of nitrogens with two attached hydrogens (primary N) is 1. The third-order valence-corrected chi connectivity index (χ3v) is 4.58. The van der Waals surface area contributed by atoms with Crippen molar-refractivity contribution in [1.82, 2.24) is 0 Å². The summed E-state index contributed by atoms with van der Waals surface area (Å²) >= 11 is 0. The second-order valence-corrected chi connectivity index (χ2v) is 6.81. The van der Waals surface area contributed by atoms with Gasteiger partial charge in [-0.1, -0.05) is 0 Å². The molecule has 1 atom stereocenters. The van der Waals surface area contributed by atoms with Crippen LogP contribution in [-0.2, 0) is 19.4 Å². The van der Waals surface area contributed by atoms with Gasteiger partial charge < -0.3 is 21.1 Å². The second-order valence-electron chi connectivity index (χ2n) is 4.89. The molecule has 0 radical (unpaired) electrons. The van der Waals surface area contributed by atoms with Crippen molar-refractivity contribution in [2.75, 3.05) is 30.8 Å². The lowest BCUT2D eigenvalue weighted by Gasteiger charge is -2.16. The molecule has 0 fully saturated rings. The Hall–Kier alpha value is -1.78. The van der Waals surface area contributed by atoms with Crippen LogP contribution in [0.5, 0.6) is 0 Å². The summed E-state index contributed by atoms with van der Waals surface area (Å²) in [5.74, 6) is -4.01. The Kier molecular flexibility index (Phi) is 7.52. The molecular weight excluding hydrogens is 344 g/mol. The van der Waals surface area contributed by atoms with Crippen LogP contribution in [0.15, 0.2) is 23.1 Å². The lowest BCUT2D eigenvalue weighted by atomic mass is 10.2. The molecule has 0 bridgehead atoms. The molecule has 0 heterocycles. The first-order chi connectivity index (χ1) is 11.3. The monoisotopic (exact) mass is 365 g/mol. The smallest absolute Gasteiger partial charge is 0.341 e. The van der Waals surface area contributed by atoms with E-state index >= 15 is 0 Å². The van der Waals surface area contributed by atoms with E-state index in [1.807, 2.05) is 0 Å². The van der Waals surface area contributed by atoms with Crippen LogP contribution in [0.2, 0.25) is 0 Å². The van der Waals surface area contributed by atoms with Crippen LogP contribution in [0.4, 0.5) is 20.2 Å². The number of amides is 1. The summed E-state index contributed by atoms with van der Waals surface area (Å²) in [6.45, 7) is 2.42. The zero-order valence-electron chi connectivity index (χ0n) is 13.4. The van der Waals surface area contributed by atoms with E-state index in [-0.39, 0.29) is 18.7 Å². The van der Waals surface area contributed by atoms with Crippen LogP contribution in [0.3, 0.4) is 0 Å². The summed E-state index contributed by atoms with van der Waals surface area (Å²) in [7, 11) is -3.35. The van der Waals surface area contributed by atoms with Gasteiger partial charge in [0.2, 0.25) is 15.7 Å². The minimum absolute atomic E-state index is 0.0512. The van der Waals surface area contributed by atoms with Gasteiger partial charge in [0.1, 0.15) is 0 Å². The number of halogens is 2. The van der Waals surface area contributed by atoms with E-state index in [1.54, 1.807) is 6.92 Å². The van der Waals surface area contributed by atoms with Crippen molar-refractivity contribution < 1.29 is 26.7 Å². The van der Waals surface area contributed by atoms with Crippen LogP contribution in [-0.4, -0.2) is 46.4 Å². The molecular formula is C14H21F2N3O4S. The highest BCUT2D eigenvalue weighted by Gasteiger charge is 2.27. The highest BCUT2D eigenvalue weighted by Crippen LogP contribution is 2.28. The lowest BCUT2D eigenvalue weighted by Crippen LogP contribution is -2.28. The number of anilines is 2. The molecule has 1 aromatic rings. The third kappa shape index (κ3) is 5.11. The van der Waals surface area contributed by atoms with E-state index < -0.39 is 32.5 Å². The van der Waals surface area contributed by atoms with Gasteiger partial charge in [-0.2, -0.15) is 8.78 Å². The molecule has 1 aromatic carbocycles. The van der Waals surface area contributed by atoms with Gasteiger partial charge in [-0.15, -0.1) is 0 Å². The first-order valence-corrected chi connectivity index (χ1v) is 8.73. The molecule has 1 amide bonds. The van der Waals surface area contributed by atoms with E-state index in [0.717, 1.165) is 12.1 Å². The molecule has 0 aliphatic rings. The van der Waals surface area contributed by atoms with Gasteiger partial charge in [-0.05, 0) is 25.1 Å². The van der Waals surface area contributed by atoms with Crippen LogP contribution < -0.4 is 16.4 Å².